The van der Waals surface area contributed by atoms with Crippen molar-refractivity contribution in [3.63, 3.8) is 0 Å². The summed E-state index contributed by atoms with van der Waals surface area (Å²) in [6.07, 6.45) is 0.440. The van der Waals surface area contributed by atoms with E-state index in [4.69, 9.17) is 10.8 Å². The lowest BCUT2D eigenvalue weighted by Crippen LogP contribution is -2.50. The summed E-state index contributed by atoms with van der Waals surface area (Å²) in [7, 11) is 0. The van der Waals surface area contributed by atoms with Crippen molar-refractivity contribution in [3.8, 4) is 5.75 Å². The molecule has 1 aliphatic rings. The number of carboxylic acids is 1. The van der Waals surface area contributed by atoms with E-state index >= 15 is 0 Å². The van der Waals surface area contributed by atoms with Crippen molar-refractivity contribution in [1.29, 1.82) is 0 Å². The molecule has 0 spiro atoms. The van der Waals surface area contributed by atoms with Crippen molar-refractivity contribution >= 4 is 5.97 Å². The monoisotopic (exact) mass is 236 g/mol. The molecule has 0 saturated carbocycles. The summed E-state index contributed by atoms with van der Waals surface area (Å²) >= 11 is 0. The molecule has 0 bridgehead atoms. The number of aromatic hydroxyl groups is 1. The molecule has 0 radical (unpaired) electrons. The van der Waals surface area contributed by atoms with Gasteiger partial charge in [-0.05, 0) is 12.5 Å². The molecule has 1 atom stereocenters. The number of carboxylic acid groups (broad SMARTS) is 1. The molecule has 0 aliphatic carbocycles. The number of rotatable bonds is 3. The minimum atomic E-state index is -1.15. The predicted molar refractivity (Wildman–Crippen MR) is 62.6 cm³/mol. The third kappa shape index (κ3) is 2.40. The zero-order valence-electron chi connectivity index (χ0n) is 9.47. The Kier molecular flexibility index (Phi) is 3.04. The third-order valence-corrected chi connectivity index (χ3v) is 3.19. The van der Waals surface area contributed by atoms with E-state index in [1.54, 1.807) is 12.1 Å². The Morgan fingerprint density at radius 1 is 1.47 bits per heavy atom. The number of hydrogen-bond donors (Lipinski definition) is 3. The standard InChI is InChI=1S/C12H16N2O3/c13-12(11(16)17)5-6-14(8-12)7-9-3-1-2-4-10(9)15/h1-4,15H,5-8,13H2,(H,16,17)/t12-/m0/s1. The van der Waals surface area contributed by atoms with E-state index in [-0.39, 0.29) is 5.75 Å². The molecular formula is C12H16N2O3. The lowest BCUT2D eigenvalue weighted by Gasteiger charge is -2.20. The molecule has 5 nitrogen and oxygen atoms in total. The van der Waals surface area contributed by atoms with Gasteiger partial charge in [-0.3, -0.25) is 9.69 Å². The first kappa shape index (κ1) is 11.9. The van der Waals surface area contributed by atoms with E-state index in [1.807, 2.05) is 17.0 Å². The highest BCUT2D eigenvalue weighted by Crippen LogP contribution is 2.24. The Balaban J connectivity index is 2.04. The van der Waals surface area contributed by atoms with Crippen LogP contribution in [0.15, 0.2) is 24.3 Å². The summed E-state index contributed by atoms with van der Waals surface area (Å²) in [6.45, 7) is 1.48. The third-order valence-electron chi connectivity index (χ3n) is 3.19. The number of nitrogens with zero attached hydrogens (tertiary/aromatic N) is 1. The number of likely N-dealkylation sites (tertiary alicyclic amines) is 1. The van der Waals surface area contributed by atoms with Crippen LogP contribution in [0.5, 0.6) is 5.75 Å². The minimum absolute atomic E-state index is 0.234. The lowest BCUT2D eigenvalue weighted by molar-refractivity contribution is -0.142. The Morgan fingerprint density at radius 2 is 2.18 bits per heavy atom. The van der Waals surface area contributed by atoms with Gasteiger partial charge in [0, 0.05) is 25.2 Å². The first-order valence-electron chi connectivity index (χ1n) is 5.53. The largest absolute Gasteiger partial charge is 0.508 e. The Morgan fingerprint density at radius 3 is 2.76 bits per heavy atom. The molecule has 1 fully saturated rings. The summed E-state index contributed by atoms with van der Waals surface area (Å²) in [5.41, 5.74) is 5.43. The van der Waals surface area contributed by atoms with Gasteiger partial charge in [-0.1, -0.05) is 18.2 Å². The van der Waals surface area contributed by atoms with Crippen LogP contribution >= 0.6 is 0 Å². The van der Waals surface area contributed by atoms with Crippen LogP contribution in [0.1, 0.15) is 12.0 Å². The molecule has 92 valence electrons. The topological polar surface area (TPSA) is 86.8 Å². The van der Waals surface area contributed by atoms with Crippen molar-refractivity contribution in [1.82, 2.24) is 4.90 Å². The van der Waals surface area contributed by atoms with Gasteiger partial charge in [0.1, 0.15) is 11.3 Å². The molecule has 1 aromatic rings. The van der Waals surface area contributed by atoms with E-state index in [0.29, 0.717) is 26.1 Å². The fourth-order valence-electron chi connectivity index (χ4n) is 2.11. The summed E-state index contributed by atoms with van der Waals surface area (Å²) in [6, 6.07) is 7.05. The number of benzene rings is 1. The maximum atomic E-state index is 11.0. The molecule has 5 heteroatoms. The number of aliphatic carboxylic acids is 1. The average molecular weight is 236 g/mol. The van der Waals surface area contributed by atoms with Gasteiger partial charge in [0.05, 0.1) is 0 Å². The first-order chi connectivity index (χ1) is 8.01. The molecule has 0 aromatic heterocycles. The smallest absolute Gasteiger partial charge is 0.325 e. The maximum Gasteiger partial charge on any atom is 0.325 e. The van der Waals surface area contributed by atoms with Crippen molar-refractivity contribution in [3.05, 3.63) is 29.8 Å². The van der Waals surface area contributed by atoms with Crippen LogP contribution in [0.25, 0.3) is 0 Å². The van der Waals surface area contributed by atoms with E-state index in [9.17, 15) is 9.90 Å². The second-order valence-electron chi connectivity index (χ2n) is 4.55. The second-order valence-corrected chi connectivity index (χ2v) is 4.55. The predicted octanol–water partition coefficient (Wildman–Crippen LogP) is 0.380. The normalized spacial score (nSPS) is 25.0. The van der Waals surface area contributed by atoms with E-state index in [1.165, 1.54) is 0 Å². The van der Waals surface area contributed by atoms with Gasteiger partial charge in [-0.2, -0.15) is 0 Å². The summed E-state index contributed by atoms with van der Waals surface area (Å²) in [4.78, 5) is 12.9. The van der Waals surface area contributed by atoms with Crippen molar-refractivity contribution in [2.75, 3.05) is 13.1 Å². The molecule has 1 saturated heterocycles. The van der Waals surface area contributed by atoms with Crippen LogP contribution in [0.2, 0.25) is 0 Å². The second kappa shape index (κ2) is 4.35. The minimum Gasteiger partial charge on any atom is -0.508 e. The van der Waals surface area contributed by atoms with Crippen molar-refractivity contribution in [2.24, 2.45) is 5.73 Å². The van der Waals surface area contributed by atoms with Gasteiger partial charge in [0.2, 0.25) is 0 Å². The van der Waals surface area contributed by atoms with Gasteiger partial charge in [0.25, 0.3) is 0 Å². The molecule has 4 N–H and O–H groups in total. The van der Waals surface area contributed by atoms with Crippen LogP contribution in [0.4, 0.5) is 0 Å². The Labute approximate surface area is 99.5 Å². The lowest BCUT2D eigenvalue weighted by atomic mass is 10.0. The number of carbonyl (C=O) groups is 1. The number of hydrogen-bond acceptors (Lipinski definition) is 4. The van der Waals surface area contributed by atoms with E-state index in [0.717, 1.165) is 5.56 Å². The fraction of sp³-hybridized carbons (Fsp3) is 0.417. The fourth-order valence-corrected chi connectivity index (χ4v) is 2.11. The quantitative estimate of drug-likeness (QED) is 0.706. The molecule has 1 heterocycles. The van der Waals surface area contributed by atoms with Crippen LogP contribution < -0.4 is 5.73 Å². The van der Waals surface area contributed by atoms with Gasteiger partial charge in [-0.15, -0.1) is 0 Å². The maximum absolute atomic E-state index is 11.0. The van der Waals surface area contributed by atoms with Crippen molar-refractivity contribution in [2.45, 2.75) is 18.5 Å². The summed E-state index contributed by atoms with van der Waals surface area (Å²) in [5, 5.41) is 18.6. The molecule has 0 amide bonds. The van der Waals surface area contributed by atoms with Crippen molar-refractivity contribution < 1.29 is 15.0 Å². The number of para-hydroxylation sites is 1. The van der Waals surface area contributed by atoms with Gasteiger partial charge in [-0.25, -0.2) is 0 Å². The van der Waals surface area contributed by atoms with Crippen LogP contribution in [0, 0.1) is 0 Å². The zero-order chi connectivity index (χ0) is 12.5. The summed E-state index contributed by atoms with van der Waals surface area (Å²) in [5.74, 6) is -0.727. The van der Waals surface area contributed by atoms with E-state index < -0.39 is 11.5 Å². The van der Waals surface area contributed by atoms with Gasteiger partial charge < -0.3 is 15.9 Å². The molecule has 1 aromatic carbocycles. The Bertz CT molecular complexity index is 436. The van der Waals surface area contributed by atoms with Gasteiger partial charge >= 0.3 is 5.97 Å². The molecule has 0 unspecified atom stereocenters. The number of phenols is 1. The average Bonchev–Trinajstić information content (AvgIpc) is 2.65. The molecule has 1 aliphatic heterocycles. The van der Waals surface area contributed by atoms with Crippen LogP contribution in [-0.2, 0) is 11.3 Å². The number of nitrogens with two attached hydrogens (primary N) is 1. The van der Waals surface area contributed by atoms with Gasteiger partial charge in [0.15, 0.2) is 0 Å². The highest BCUT2D eigenvalue weighted by Gasteiger charge is 2.41. The molecule has 17 heavy (non-hydrogen) atoms. The highest BCUT2D eigenvalue weighted by atomic mass is 16.4. The summed E-state index contributed by atoms with van der Waals surface area (Å²) < 4.78 is 0. The van der Waals surface area contributed by atoms with E-state index in [2.05, 4.69) is 0 Å². The van der Waals surface area contributed by atoms with Crippen LogP contribution in [0.3, 0.4) is 0 Å². The molecule has 2 rings (SSSR count). The molecular weight excluding hydrogens is 220 g/mol. The Hall–Kier alpha value is -1.59. The van der Waals surface area contributed by atoms with Crippen LogP contribution in [-0.4, -0.2) is 39.7 Å². The SMILES string of the molecule is N[C@@]1(C(=O)O)CCN(Cc2ccccc2O)C1. The first-order valence-corrected chi connectivity index (χ1v) is 5.53. The zero-order valence-corrected chi connectivity index (χ0v) is 9.47. The number of phenolic OH excluding ortho intramolecular Hbond substituents is 1. The highest BCUT2D eigenvalue weighted by molar-refractivity contribution is 5.79.